The summed E-state index contributed by atoms with van der Waals surface area (Å²) in [5, 5.41) is 14.0. The Morgan fingerprint density at radius 3 is 2.68 bits per heavy atom. The Kier molecular flexibility index (Phi) is 5.78. The van der Waals surface area contributed by atoms with Gasteiger partial charge in [-0.05, 0) is 25.0 Å². The topological polar surface area (TPSA) is 91.3 Å². The molecule has 104 valence electrons. The van der Waals surface area contributed by atoms with Crippen molar-refractivity contribution in [1.29, 1.82) is 0 Å². The number of pyridine rings is 1. The average molecular weight is 265 g/mol. The third kappa shape index (κ3) is 5.85. The van der Waals surface area contributed by atoms with Gasteiger partial charge in [-0.1, -0.05) is 13.0 Å². The lowest BCUT2D eigenvalue weighted by atomic mass is 10.1. The molecule has 1 rings (SSSR count). The summed E-state index contributed by atoms with van der Waals surface area (Å²) in [5.74, 6) is -1.31. The average Bonchev–Trinajstić information content (AvgIpc) is 2.37. The molecule has 0 aliphatic rings. The highest BCUT2D eigenvalue weighted by Gasteiger charge is 2.10. The van der Waals surface area contributed by atoms with Crippen molar-refractivity contribution in [3.63, 3.8) is 0 Å². The van der Waals surface area contributed by atoms with Crippen LogP contribution in [-0.2, 0) is 11.3 Å². The van der Waals surface area contributed by atoms with Gasteiger partial charge in [-0.2, -0.15) is 0 Å². The zero-order chi connectivity index (χ0) is 14.3. The van der Waals surface area contributed by atoms with E-state index in [9.17, 15) is 9.59 Å². The highest BCUT2D eigenvalue weighted by Crippen LogP contribution is 2.00. The lowest BCUT2D eigenvalue weighted by Crippen LogP contribution is -2.36. The van der Waals surface area contributed by atoms with Gasteiger partial charge in [0.2, 0.25) is 0 Å². The second-order valence-electron chi connectivity index (χ2n) is 4.45. The molecule has 1 atom stereocenters. The summed E-state index contributed by atoms with van der Waals surface area (Å²) in [4.78, 5) is 26.1. The van der Waals surface area contributed by atoms with Gasteiger partial charge in [0, 0.05) is 25.0 Å². The fraction of sp³-hybridized carbons (Fsp3) is 0.462. The molecule has 1 aromatic heterocycles. The van der Waals surface area contributed by atoms with Gasteiger partial charge in [-0.3, -0.25) is 9.78 Å². The number of urea groups is 1. The molecule has 0 saturated heterocycles. The van der Waals surface area contributed by atoms with Crippen molar-refractivity contribution >= 4 is 12.0 Å². The van der Waals surface area contributed by atoms with Gasteiger partial charge in [0.05, 0.1) is 5.92 Å². The smallest absolute Gasteiger partial charge is 0.315 e. The van der Waals surface area contributed by atoms with Gasteiger partial charge >= 0.3 is 12.0 Å². The van der Waals surface area contributed by atoms with E-state index in [1.165, 1.54) is 0 Å². The van der Waals surface area contributed by atoms with Gasteiger partial charge in [0.25, 0.3) is 0 Å². The summed E-state index contributed by atoms with van der Waals surface area (Å²) in [6.07, 6.45) is 2.12. The predicted octanol–water partition coefficient (Wildman–Crippen LogP) is 1.30. The van der Waals surface area contributed by atoms with Crippen LogP contribution >= 0.6 is 0 Å². The monoisotopic (exact) mass is 265 g/mol. The van der Waals surface area contributed by atoms with Crippen LogP contribution in [0, 0.1) is 12.8 Å². The first-order valence-electron chi connectivity index (χ1n) is 6.15. The first kappa shape index (κ1) is 14.9. The third-order valence-corrected chi connectivity index (χ3v) is 2.71. The first-order chi connectivity index (χ1) is 8.99. The molecule has 2 amide bonds. The Morgan fingerprint density at radius 2 is 2.11 bits per heavy atom. The maximum absolute atomic E-state index is 11.4. The molecular formula is C13H19N3O3. The first-order valence-corrected chi connectivity index (χ1v) is 6.15. The number of carbonyl (C=O) groups excluding carboxylic acids is 1. The van der Waals surface area contributed by atoms with E-state index in [2.05, 4.69) is 15.6 Å². The summed E-state index contributed by atoms with van der Waals surface area (Å²) < 4.78 is 0. The second kappa shape index (κ2) is 7.35. The molecule has 0 radical (unpaired) electrons. The maximum atomic E-state index is 11.4. The van der Waals surface area contributed by atoms with Crippen LogP contribution in [-0.4, -0.2) is 28.6 Å². The summed E-state index contributed by atoms with van der Waals surface area (Å²) in [6, 6.07) is 3.47. The number of nitrogens with zero attached hydrogens (tertiary/aromatic N) is 1. The molecule has 0 fully saturated rings. The number of hydrogen-bond acceptors (Lipinski definition) is 3. The van der Waals surface area contributed by atoms with E-state index in [1.807, 2.05) is 19.1 Å². The number of aliphatic carboxylic acids is 1. The summed E-state index contributed by atoms with van der Waals surface area (Å²) >= 11 is 0. The van der Waals surface area contributed by atoms with Crippen LogP contribution in [0.4, 0.5) is 4.79 Å². The molecule has 0 saturated carbocycles. The Labute approximate surface area is 112 Å². The van der Waals surface area contributed by atoms with E-state index in [0.29, 0.717) is 19.5 Å². The largest absolute Gasteiger partial charge is 0.481 e. The number of aryl methyl sites for hydroxylation is 1. The molecule has 6 heteroatoms. The lowest BCUT2D eigenvalue weighted by Gasteiger charge is -2.09. The number of nitrogens with one attached hydrogen (secondary N) is 2. The molecule has 0 aliphatic heterocycles. The van der Waals surface area contributed by atoms with E-state index < -0.39 is 11.9 Å². The molecular weight excluding hydrogens is 246 g/mol. The van der Waals surface area contributed by atoms with Crippen molar-refractivity contribution < 1.29 is 14.7 Å². The van der Waals surface area contributed by atoms with E-state index in [1.54, 1.807) is 13.1 Å². The number of carboxylic acids is 1. The molecule has 0 aromatic carbocycles. The Hall–Kier alpha value is -2.11. The molecule has 1 heterocycles. The van der Waals surface area contributed by atoms with Crippen LogP contribution in [0.25, 0.3) is 0 Å². The fourth-order valence-electron chi connectivity index (χ4n) is 1.37. The lowest BCUT2D eigenvalue weighted by molar-refractivity contribution is -0.141. The van der Waals surface area contributed by atoms with Crippen LogP contribution in [0.15, 0.2) is 18.3 Å². The van der Waals surface area contributed by atoms with Gasteiger partial charge in [0.15, 0.2) is 0 Å². The van der Waals surface area contributed by atoms with Crippen LogP contribution in [0.2, 0.25) is 0 Å². The van der Waals surface area contributed by atoms with Gasteiger partial charge in [-0.25, -0.2) is 4.79 Å². The highest BCUT2D eigenvalue weighted by molar-refractivity contribution is 5.74. The van der Waals surface area contributed by atoms with E-state index in [0.717, 1.165) is 11.3 Å². The van der Waals surface area contributed by atoms with Crippen molar-refractivity contribution in [2.75, 3.05) is 6.54 Å². The summed E-state index contributed by atoms with van der Waals surface area (Å²) in [5.41, 5.74) is 1.84. The minimum absolute atomic E-state index is 0.307. The number of hydrogen-bond donors (Lipinski definition) is 3. The van der Waals surface area contributed by atoms with Gasteiger partial charge in [0.1, 0.15) is 0 Å². The Bertz CT molecular complexity index is 431. The van der Waals surface area contributed by atoms with Gasteiger partial charge < -0.3 is 15.7 Å². The minimum atomic E-state index is -0.854. The Balaban J connectivity index is 2.21. The van der Waals surface area contributed by atoms with Crippen LogP contribution in [0.3, 0.4) is 0 Å². The molecule has 3 N–H and O–H groups in total. The Morgan fingerprint density at radius 1 is 1.37 bits per heavy atom. The number of carboxylic acid groups (broad SMARTS) is 1. The number of carbonyl (C=O) groups is 2. The zero-order valence-electron chi connectivity index (χ0n) is 11.1. The van der Waals surface area contributed by atoms with Crippen molar-refractivity contribution in [2.24, 2.45) is 5.92 Å². The molecule has 1 aromatic rings. The third-order valence-electron chi connectivity index (χ3n) is 2.71. The maximum Gasteiger partial charge on any atom is 0.315 e. The molecule has 0 spiro atoms. The van der Waals surface area contributed by atoms with Crippen molar-refractivity contribution in [3.8, 4) is 0 Å². The zero-order valence-corrected chi connectivity index (χ0v) is 11.1. The summed E-state index contributed by atoms with van der Waals surface area (Å²) in [7, 11) is 0. The van der Waals surface area contributed by atoms with Crippen LogP contribution < -0.4 is 10.6 Å². The minimum Gasteiger partial charge on any atom is -0.481 e. The molecule has 6 nitrogen and oxygen atoms in total. The molecule has 0 bridgehead atoms. The standard InChI is InChI=1S/C13H19N3O3/c1-9(12(17)18)5-6-14-13(19)16-8-11-4-3-10(2)15-7-11/h3-4,7,9H,5-6,8H2,1-2H3,(H,17,18)(H2,14,16,19). The SMILES string of the molecule is Cc1ccc(CNC(=O)NCCC(C)C(=O)O)cn1. The van der Waals surface area contributed by atoms with Crippen molar-refractivity contribution in [2.45, 2.75) is 26.8 Å². The van der Waals surface area contributed by atoms with Crippen LogP contribution in [0.1, 0.15) is 24.6 Å². The summed E-state index contributed by atoms with van der Waals surface area (Å²) in [6.45, 7) is 4.24. The molecule has 0 aliphatic carbocycles. The van der Waals surface area contributed by atoms with E-state index in [-0.39, 0.29) is 6.03 Å². The number of aromatic nitrogens is 1. The van der Waals surface area contributed by atoms with Crippen molar-refractivity contribution in [1.82, 2.24) is 15.6 Å². The van der Waals surface area contributed by atoms with E-state index >= 15 is 0 Å². The van der Waals surface area contributed by atoms with Gasteiger partial charge in [-0.15, -0.1) is 0 Å². The van der Waals surface area contributed by atoms with Crippen LogP contribution in [0.5, 0.6) is 0 Å². The van der Waals surface area contributed by atoms with Crippen molar-refractivity contribution in [3.05, 3.63) is 29.6 Å². The number of rotatable bonds is 6. The molecule has 1 unspecified atom stereocenters. The molecule has 19 heavy (non-hydrogen) atoms. The number of amides is 2. The highest BCUT2D eigenvalue weighted by atomic mass is 16.4. The normalized spacial score (nSPS) is 11.7. The van der Waals surface area contributed by atoms with E-state index in [4.69, 9.17) is 5.11 Å². The fourth-order valence-corrected chi connectivity index (χ4v) is 1.37. The second-order valence-corrected chi connectivity index (χ2v) is 4.45. The predicted molar refractivity (Wildman–Crippen MR) is 70.6 cm³/mol. The quantitative estimate of drug-likeness (QED) is 0.723.